The molecular formula is C33H40ClNO13. The highest BCUT2D eigenvalue weighted by atomic mass is 35.5. The molecule has 2 aliphatic carbocycles. The molecule has 0 amide bonds. The van der Waals surface area contributed by atoms with Gasteiger partial charge in [-0.15, -0.1) is 12.4 Å². The summed E-state index contributed by atoms with van der Waals surface area (Å²) < 4.78 is 29.2. The monoisotopic (exact) mass is 693 g/mol. The molecule has 0 radical (unpaired) electrons. The normalized spacial score (nSPS) is 34.4. The van der Waals surface area contributed by atoms with Crippen LogP contribution >= 0.6 is 12.4 Å². The maximum Gasteiger partial charge on any atom is 0.202 e. The molecule has 2 aliphatic heterocycles. The third-order valence-corrected chi connectivity index (χ3v) is 9.75. The number of hydrogen-bond acceptors (Lipinski definition) is 14. The van der Waals surface area contributed by atoms with Crippen LogP contribution in [0.4, 0.5) is 0 Å². The fourth-order valence-electron chi connectivity index (χ4n) is 7.14. The predicted molar refractivity (Wildman–Crippen MR) is 167 cm³/mol. The van der Waals surface area contributed by atoms with E-state index >= 15 is 0 Å². The van der Waals surface area contributed by atoms with E-state index in [1.165, 1.54) is 32.2 Å². The van der Waals surface area contributed by atoms with Gasteiger partial charge in [-0.1, -0.05) is 12.1 Å². The van der Waals surface area contributed by atoms with E-state index in [1.807, 2.05) is 0 Å². The summed E-state index contributed by atoms with van der Waals surface area (Å²) in [6.45, 7) is 4.47. The minimum atomic E-state index is -2.07. The maximum absolute atomic E-state index is 13.8. The van der Waals surface area contributed by atoms with E-state index < -0.39 is 107 Å². The number of hydrogen-bond donors (Lipinski definition) is 6. The molecule has 4 aliphatic rings. The van der Waals surface area contributed by atoms with E-state index in [0.717, 1.165) is 0 Å². The average Bonchev–Trinajstić information content (AvgIpc) is 3.01. The molecule has 2 heterocycles. The number of phenolic OH excluding ortho intramolecular Hbond substituents is 2. The fourth-order valence-corrected chi connectivity index (χ4v) is 7.14. The Labute approximate surface area is 282 Å². The first-order chi connectivity index (χ1) is 22.2. The van der Waals surface area contributed by atoms with E-state index in [-0.39, 0.29) is 59.7 Å². The summed E-state index contributed by atoms with van der Waals surface area (Å²) >= 11 is 0. The number of fused-ring (bicyclic) bond motifs is 3. The second kappa shape index (κ2) is 13.3. The number of nitrogens with two attached hydrogens (primary N) is 1. The van der Waals surface area contributed by atoms with Crippen LogP contribution in [0.2, 0.25) is 0 Å². The van der Waals surface area contributed by atoms with Gasteiger partial charge in [-0.3, -0.25) is 14.4 Å². The number of phenols is 2. The van der Waals surface area contributed by atoms with E-state index in [9.17, 15) is 39.9 Å². The van der Waals surface area contributed by atoms with Gasteiger partial charge in [0, 0.05) is 48.4 Å². The number of Topliss-reactive ketones (excluding diaryl/α,β-unsaturated/α-hetero) is 1. The highest BCUT2D eigenvalue weighted by molar-refractivity contribution is 6.31. The van der Waals surface area contributed by atoms with Gasteiger partial charge in [-0.25, -0.2) is 0 Å². The highest BCUT2D eigenvalue weighted by Crippen LogP contribution is 2.52. The van der Waals surface area contributed by atoms with Crippen LogP contribution in [0.25, 0.3) is 0 Å². The third-order valence-electron chi connectivity index (χ3n) is 9.75. The fraction of sp³-hybridized carbons (Fsp3) is 0.545. The molecule has 15 heteroatoms. The smallest absolute Gasteiger partial charge is 0.202 e. The van der Waals surface area contributed by atoms with Crippen LogP contribution in [0.1, 0.15) is 89.1 Å². The molecule has 0 aromatic heterocycles. The van der Waals surface area contributed by atoms with E-state index in [1.54, 1.807) is 13.8 Å². The van der Waals surface area contributed by atoms with Crippen LogP contribution in [-0.4, -0.2) is 105 Å². The summed E-state index contributed by atoms with van der Waals surface area (Å²) in [4.78, 5) is 40.2. The van der Waals surface area contributed by atoms with Crippen LogP contribution in [0.3, 0.4) is 0 Å². The van der Waals surface area contributed by atoms with Crippen molar-refractivity contribution in [2.24, 2.45) is 5.73 Å². The molecular weight excluding hydrogens is 654 g/mol. The van der Waals surface area contributed by atoms with Gasteiger partial charge in [0.15, 0.2) is 24.1 Å². The maximum atomic E-state index is 13.8. The number of aliphatic hydroxyl groups is 3. The molecule has 2 aromatic carbocycles. The zero-order valence-corrected chi connectivity index (χ0v) is 27.6. The van der Waals surface area contributed by atoms with Crippen molar-refractivity contribution in [3.8, 4) is 17.2 Å². The van der Waals surface area contributed by atoms with Gasteiger partial charge in [0.05, 0.1) is 54.3 Å². The molecule has 2 fully saturated rings. The minimum Gasteiger partial charge on any atom is -0.507 e. The molecule has 0 bridgehead atoms. The number of benzene rings is 2. The second-order valence-corrected chi connectivity index (χ2v) is 12.8. The topological polar surface area (TPSA) is 225 Å². The quantitative estimate of drug-likeness (QED) is 0.201. The first-order valence-corrected chi connectivity index (χ1v) is 15.5. The number of carbonyl (C=O) groups excluding carboxylic acids is 3. The van der Waals surface area contributed by atoms with Gasteiger partial charge in [-0.2, -0.15) is 0 Å². The number of methoxy groups -OCH3 is 1. The number of ketones is 3. The summed E-state index contributed by atoms with van der Waals surface area (Å²) in [6, 6.07) is 3.82. The van der Waals surface area contributed by atoms with Gasteiger partial charge in [0.2, 0.25) is 5.78 Å². The van der Waals surface area contributed by atoms with Crippen LogP contribution in [0.15, 0.2) is 18.2 Å². The first kappa shape index (κ1) is 36.1. The van der Waals surface area contributed by atoms with Crippen LogP contribution < -0.4 is 10.5 Å². The largest absolute Gasteiger partial charge is 0.507 e. The average molecular weight is 694 g/mol. The standard InChI is InChI=1S/C33H39NO13.ClH/c1-12-27(37)17(34)8-21(44-12)47-32-13(2)45-22(9-18(32)36)46-20-11-33(42,14(3)35)10-16-24(20)31(41)26-25(29(16)39)28(38)15-6-5-7-19(43-4)23(15)30(26)40;/h5-7,12-13,17-18,20-22,27,32,36-37,39,41-42H,8-11,34H2,1-4H3;1H/t12-,13-,17-,18-,20-,21-,22-,27+,32-,33-;/m0./s1. The zero-order valence-electron chi connectivity index (χ0n) is 26.7. The van der Waals surface area contributed by atoms with Crippen molar-refractivity contribution in [2.75, 3.05) is 7.11 Å². The van der Waals surface area contributed by atoms with Crippen molar-refractivity contribution in [2.45, 2.75) is 107 Å². The minimum absolute atomic E-state index is 0. The second-order valence-electron chi connectivity index (χ2n) is 12.8. The summed E-state index contributed by atoms with van der Waals surface area (Å²) in [5, 5.41) is 55.7. The number of rotatable bonds is 6. The van der Waals surface area contributed by atoms with E-state index in [4.69, 9.17) is 29.4 Å². The van der Waals surface area contributed by atoms with Crippen LogP contribution in [-0.2, 0) is 30.2 Å². The molecule has 0 unspecified atom stereocenters. The Morgan fingerprint density at radius 2 is 1.60 bits per heavy atom. The lowest BCUT2D eigenvalue weighted by Crippen LogP contribution is -2.56. The molecule has 0 spiro atoms. The molecule has 14 nitrogen and oxygen atoms in total. The van der Waals surface area contributed by atoms with Gasteiger partial charge in [-0.05, 0) is 26.8 Å². The molecule has 262 valence electrons. The zero-order chi connectivity index (χ0) is 34.1. The first-order valence-electron chi connectivity index (χ1n) is 15.5. The highest BCUT2D eigenvalue weighted by Gasteiger charge is 2.50. The summed E-state index contributed by atoms with van der Waals surface area (Å²) in [5.74, 6) is -3.37. The molecule has 48 heavy (non-hydrogen) atoms. The SMILES string of the molecule is COc1cccc2c1C(=O)c1c(O)c3c(c(O)c1C2=O)C[C@@](O)(C(C)=O)C[C@@H]3O[C@H]1C[C@H](O)[C@@H](O[C@H]2C[C@H](N)[C@H](O)[C@H](C)O2)[C@H](C)O1.Cl. The molecule has 2 aromatic rings. The molecule has 0 saturated carbocycles. The van der Waals surface area contributed by atoms with Gasteiger partial charge >= 0.3 is 0 Å². The Hall–Kier alpha value is -3.18. The van der Waals surface area contributed by atoms with Crippen LogP contribution in [0, 0.1) is 0 Å². The van der Waals surface area contributed by atoms with Gasteiger partial charge in [0.25, 0.3) is 0 Å². The van der Waals surface area contributed by atoms with Crippen molar-refractivity contribution in [1.29, 1.82) is 0 Å². The molecule has 2 saturated heterocycles. The molecule has 10 atom stereocenters. The number of aromatic hydroxyl groups is 2. The molecule has 7 N–H and O–H groups in total. The number of halogens is 1. The predicted octanol–water partition coefficient (Wildman–Crippen LogP) is 1.33. The van der Waals surface area contributed by atoms with Crippen LogP contribution in [0.5, 0.6) is 17.2 Å². The van der Waals surface area contributed by atoms with Gasteiger partial charge in [0.1, 0.15) is 29.0 Å². The van der Waals surface area contributed by atoms with Crippen molar-refractivity contribution >= 4 is 29.8 Å². The summed E-state index contributed by atoms with van der Waals surface area (Å²) in [7, 11) is 1.33. The lowest BCUT2D eigenvalue weighted by Gasteiger charge is -2.44. The Morgan fingerprint density at radius 3 is 2.23 bits per heavy atom. The lowest BCUT2D eigenvalue weighted by molar-refractivity contribution is -0.311. The lowest BCUT2D eigenvalue weighted by atomic mass is 9.72. The van der Waals surface area contributed by atoms with Crippen molar-refractivity contribution < 1.29 is 63.6 Å². The Balaban J connectivity index is 0.00000451. The summed E-state index contributed by atoms with van der Waals surface area (Å²) in [5.41, 5.74) is 2.69. The Morgan fingerprint density at radius 1 is 0.958 bits per heavy atom. The van der Waals surface area contributed by atoms with Gasteiger partial charge < -0.3 is 55.0 Å². The van der Waals surface area contributed by atoms with Crippen molar-refractivity contribution in [1.82, 2.24) is 0 Å². The van der Waals surface area contributed by atoms with E-state index in [0.29, 0.717) is 0 Å². The van der Waals surface area contributed by atoms with Crippen molar-refractivity contribution in [3.05, 3.63) is 51.6 Å². The summed E-state index contributed by atoms with van der Waals surface area (Å²) in [6.07, 6.45) is -8.33. The Kier molecular flexibility index (Phi) is 9.98. The Bertz CT molecular complexity index is 1610. The number of ether oxygens (including phenoxy) is 5. The third kappa shape index (κ3) is 5.88. The number of aliphatic hydroxyl groups excluding tert-OH is 2. The van der Waals surface area contributed by atoms with E-state index in [2.05, 4.69) is 0 Å². The van der Waals surface area contributed by atoms with Crippen molar-refractivity contribution in [3.63, 3.8) is 0 Å². The number of carbonyl (C=O) groups is 3. The molecule has 6 rings (SSSR count).